The summed E-state index contributed by atoms with van der Waals surface area (Å²) in [5.74, 6) is 0. The summed E-state index contributed by atoms with van der Waals surface area (Å²) >= 11 is 0. The van der Waals surface area contributed by atoms with E-state index in [1.165, 1.54) is 6.08 Å². The van der Waals surface area contributed by atoms with E-state index in [9.17, 15) is 0 Å². The predicted molar refractivity (Wildman–Crippen MR) is 33.4 cm³/mol. The van der Waals surface area contributed by atoms with Crippen molar-refractivity contribution in [2.45, 2.75) is 12.7 Å². The van der Waals surface area contributed by atoms with Gasteiger partial charge < -0.3 is 10.2 Å². The third kappa shape index (κ3) is 10.7. The SMILES string of the molecule is Br.C=CCC(O)O. The molecule has 0 saturated heterocycles. The van der Waals surface area contributed by atoms with Crippen LogP contribution in [0.4, 0.5) is 0 Å². The first-order valence-electron chi connectivity index (χ1n) is 1.74. The maximum Gasteiger partial charge on any atom is 0.154 e. The molecule has 0 amide bonds. The van der Waals surface area contributed by atoms with Gasteiger partial charge >= 0.3 is 0 Å². The topological polar surface area (TPSA) is 40.5 Å². The van der Waals surface area contributed by atoms with E-state index in [1.807, 2.05) is 0 Å². The molecule has 0 fully saturated rings. The summed E-state index contributed by atoms with van der Waals surface area (Å²) in [5.41, 5.74) is 0. The standard InChI is InChI=1S/C4H8O2.BrH/c1-2-3-4(5)6;/h2,4-6H,1,3H2;1H. The Bertz CT molecular complexity index is 45.0. The van der Waals surface area contributed by atoms with Crippen molar-refractivity contribution in [2.24, 2.45) is 0 Å². The predicted octanol–water partition coefficient (Wildman–Crippen LogP) is 0.451. The number of hydrogen-bond acceptors (Lipinski definition) is 2. The molecule has 0 aliphatic heterocycles. The van der Waals surface area contributed by atoms with Gasteiger partial charge in [0.2, 0.25) is 0 Å². The average molecular weight is 169 g/mol. The Balaban J connectivity index is 0. The van der Waals surface area contributed by atoms with Crippen LogP contribution < -0.4 is 0 Å². The van der Waals surface area contributed by atoms with Crippen LogP contribution in [0.3, 0.4) is 0 Å². The van der Waals surface area contributed by atoms with E-state index in [0.717, 1.165) is 0 Å². The minimum absolute atomic E-state index is 0. The number of aliphatic hydroxyl groups excluding tert-OH is 1. The molecule has 2 nitrogen and oxygen atoms in total. The van der Waals surface area contributed by atoms with Gasteiger partial charge in [0.15, 0.2) is 6.29 Å². The van der Waals surface area contributed by atoms with Gasteiger partial charge in [-0.3, -0.25) is 0 Å². The summed E-state index contributed by atoms with van der Waals surface area (Å²) in [6.07, 6.45) is 0.479. The van der Waals surface area contributed by atoms with E-state index < -0.39 is 6.29 Å². The molecule has 7 heavy (non-hydrogen) atoms. The molecule has 0 atom stereocenters. The molecular weight excluding hydrogens is 160 g/mol. The zero-order valence-electron chi connectivity index (χ0n) is 3.87. The molecule has 0 heterocycles. The Labute approximate surface area is 53.2 Å². The largest absolute Gasteiger partial charge is 0.368 e. The number of hydrogen-bond donors (Lipinski definition) is 2. The van der Waals surface area contributed by atoms with Crippen molar-refractivity contribution in [3.63, 3.8) is 0 Å². The van der Waals surface area contributed by atoms with Gasteiger partial charge in [-0.05, 0) is 0 Å². The lowest BCUT2D eigenvalue weighted by Gasteiger charge is -1.91. The maximum atomic E-state index is 8.04. The van der Waals surface area contributed by atoms with Gasteiger partial charge in [-0.2, -0.15) is 0 Å². The molecule has 44 valence electrons. The van der Waals surface area contributed by atoms with Crippen LogP contribution in [-0.4, -0.2) is 16.5 Å². The molecule has 0 aliphatic carbocycles. The third-order valence-corrected chi connectivity index (χ3v) is 0.377. The molecule has 0 aromatic rings. The third-order valence-electron chi connectivity index (χ3n) is 0.377. The molecule has 0 unspecified atom stereocenters. The average Bonchev–Trinajstić information content (AvgIpc) is 1.35. The summed E-state index contributed by atoms with van der Waals surface area (Å²) in [5, 5.41) is 16.1. The zero-order valence-corrected chi connectivity index (χ0v) is 5.58. The number of rotatable bonds is 2. The van der Waals surface area contributed by atoms with Crippen molar-refractivity contribution in [3.8, 4) is 0 Å². The van der Waals surface area contributed by atoms with Gasteiger partial charge in [0, 0.05) is 6.42 Å². The molecule has 0 rings (SSSR count). The van der Waals surface area contributed by atoms with Gasteiger partial charge in [-0.25, -0.2) is 0 Å². The smallest absolute Gasteiger partial charge is 0.154 e. The fourth-order valence-corrected chi connectivity index (χ4v) is 0.149. The summed E-state index contributed by atoms with van der Waals surface area (Å²) in [6.45, 7) is 3.28. The summed E-state index contributed by atoms with van der Waals surface area (Å²) < 4.78 is 0. The van der Waals surface area contributed by atoms with E-state index in [0.29, 0.717) is 0 Å². The normalized spacial score (nSPS) is 7.86. The highest BCUT2D eigenvalue weighted by Gasteiger charge is 1.86. The second-order valence-corrected chi connectivity index (χ2v) is 1.00. The fourth-order valence-electron chi connectivity index (χ4n) is 0.149. The van der Waals surface area contributed by atoms with Crippen LogP contribution in [0.25, 0.3) is 0 Å². The van der Waals surface area contributed by atoms with Crippen LogP contribution in [-0.2, 0) is 0 Å². The van der Waals surface area contributed by atoms with E-state index in [2.05, 4.69) is 6.58 Å². The molecule has 0 bridgehead atoms. The molecular formula is C4H9BrO2. The van der Waals surface area contributed by atoms with Gasteiger partial charge in [0.1, 0.15) is 0 Å². The first-order chi connectivity index (χ1) is 2.77. The lowest BCUT2D eigenvalue weighted by molar-refractivity contribution is -0.0360. The molecule has 0 saturated carbocycles. The van der Waals surface area contributed by atoms with Crippen LogP contribution in [0.1, 0.15) is 6.42 Å². The number of halogens is 1. The monoisotopic (exact) mass is 168 g/mol. The fraction of sp³-hybridized carbons (Fsp3) is 0.500. The Hall–Kier alpha value is 0.140. The first kappa shape index (κ1) is 10.2. The van der Waals surface area contributed by atoms with Crippen LogP contribution in [0.2, 0.25) is 0 Å². The summed E-state index contributed by atoms with van der Waals surface area (Å²) in [6, 6.07) is 0. The molecule has 3 heteroatoms. The second-order valence-electron chi connectivity index (χ2n) is 1.00. The van der Waals surface area contributed by atoms with Crippen LogP contribution in [0.15, 0.2) is 12.7 Å². The highest BCUT2D eigenvalue weighted by Crippen LogP contribution is 1.82. The second kappa shape index (κ2) is 6.14. The van der Waals surface area contributed by atoms with Crippen molar-refractivity contribution in [2.75, 3.05) is 0 Å². The van der Waals surface area contributed by atoms with Crippen LogP contribution >= 0.6 is 17.0 Å². The highest BCUT2D eigenvalue weighted by atomic mass is 79.9. The Morgan fingerprint density at radius 1 is 1.57 bits per heavy atom. The molecule has 0 aromatic heterocycles. The van der Waals surface area contributed by atoms with Gasteiger partial charge in [-0.1, -0.05) is 6.08 Å². The van der Waals surface area contributed by atoms with Crippen LogP contribution in [0, 0.1) is 0 Å². The van der Waals surface area contributed by atoms with Gasteiger partial charge in [0.25, 0.3) is 0 Å². The molecule has 0 radical (unpaired) electrons. The van der Waals surface area contributed by atoms with E-state index in [1.54, 1.807) is 0 Å². The van der Waals surface area contributed by atoms with Gasteiger partial charge in [-0.15, -0.1) is 23.6 Å². The Morgan fingerprint density at radius 2 is 2.00 bits per heavy atom. The maximum absolute atomic E-state index is 8.04. The quantitative estimate of drug-likeness (QED) is 0.465. The number of aliphatic hydroxyl groups is 2. The molecule has 0 aliphatic rings. The molecule has 0 aromatic carbocycles. The minimum Gasteiger partial charge on any atom is -0.368 e. The van der Waals surface area contributed by atoms with E-state index >= 15 is 0 Å². The van der Waals surface area contributed by atoms with Crippen molar-refractivity contribution in [1.29, 1.82) is 0 Å². The van der Waals surface area contributed by atoms with Crippen LogP contribution in [0.5, 0.6) is 0 Å². The highest BCUT2D eigenvalue weighted by molar-refractivity contribution is 8.93. The summed E-state index contributed by atoms with van der Waals surface area (Å²) in [7, 11) is 0. The summed E-state index contributed by atoms with van der Waals surface area (Å²) in [4.78, 5) is 0. The van der Waals surface area contributed by atoms with Crippen molar-refractivity contribution in [3.05, 3.63) is 12.7 Å². The Morgan fingerprint density at radius 3 is 2.00 bits per heavy atom. The van der Waals surface area contributed by atoms with Crippen molar-refractivity contribution < 1.29 is 10.2 Å². The zero-order chi connectivity index (χ0) is 4.99. The molecule has 2 N–H and O–H groups in total. The van der Waals surface area contributed by atoms with E-state index in [-0.39, 0.29) is 23.4 Å². The lowest BCUT2D eigenvalue weighted by Crippen LogP contribution is -1.99. The lowest BCUT2D eigenvalue weighted by atomic mass is 10.4. The van der Waals surface area contributed by atoms with E-state index in [4.69, 9.17) is 10.2 Å². The van der Waals surface area contributed by atoms with Gasteiger partial charge in [0.05, 0.1) is 0 Å². The van der Waals surface area contributed by atoms with Crippen molar-refractivity contribution >= 4 is 17.0 Å². The Kier molecular flexibility index (Phi) is 8.94. The molecule has 0 spiro atoms. The first-order valence-corrected chi connectivity index (χ1v) is 1.74. The minimum atomic E-state index is -1.22. The van der Waals surface area contributed by atoms with Crippen molar-refractivity contribution in [1.82, 2.24) is 0 Å².